The second kappa shape index (κ2) is 8.13. The summed E-state index contributed by atoms with van der Waals surface area (Å²) in [5.74, 6) is 0. The number of benzene rings is 2. The Bertz CT molecular complexity index is 528. The Morgan fingerprint density at radius 2 is 1.60 bits per heavy atom. The SMILES string of the molecule is C=CCC(/C=C/c1ccccc1)NCc1ccccc1. The van der Waals surface area contributed by atoms with Crippen molar-refractivity contribution in [2.45, 2.75) is 19.0 Å². The molecule has 0 radical (unpaired) electrons. The molecule has 0 aliphatic heterocycles. The summed E-state index contributed by atoms with van der Waals surface area (Å²) in [6.07, 6.45) is 7.25. The van der Waals surface area contributed by atoms with Gasteiger partial charge in [0.1, 0.15) is 0 Å². The van der Waals surface area contributed by atoms with Gasteiger partial charge in [-0.3, -0.25) is 0 Å². The van der Waals surface area contributed by atoms with Crippen LogP contribution in [0.4, 0.5) is 0 Å². The molecule has 0 aliphatic rings. The molecule has 0 saturated carbocycles. The third kappa shape index (κ3) is 4.87. The van der Waals surface area contributed by atoms with Crippen molar-refractivity contribution in [3.63, 3.8) is 0 Å². The van der Waals surface area contributed by atoms with E-state index in [-0.39, 0.29) is 0 Å². The average molecular weight is 263 g/mol. The number of hydrogen-bond acceptors (Lipinski definition) is 1. The largest absolute Gasteiger partial charge is 0.306 e. The first-order valence-corrected chi connectivity index (χ1v) is 7.00. The summed E-state index contributed by atoms with van der Waals surface area (Å²) in [7, 11) is 0. The van der Waals surface area contributed by atoms with E-state index in [4.69, 9.17) is 0 Å². The van der Waals surface area contributed by atoms with E-state index < -0.39 is 0 Å². The van der Waals surface area contributed by atoms with Crippen LogP contribution in [0.15, 0.2) is 79.4 Å². The van der Waals surface area contributed by atoms with Crippen LogP contribution in [0.25, 0.3) is 6.08 Å². The zero-order valence-electron chi connectivity index (χ0n) is 11.7. The smallest absolute Gasteiger partial charge is 0.0290 e. The third-order valence-electron chi connectivity index (χ3n) is 3.15. The van der Waals surface area contributed by atoms with Crippen molar-refractivity contribution in [3.05, 3.63) is 90.5 Å². The minimum Gasteiger partial charge on any atom is -0.306 e. The van der Waals surface area contributed by atoms with Crippen LogP contribution in [0, 0.1) is 0 Å². The monoisotopic (exact) mass is 263 g/mol. The van der Waals surface area contributed by atoms with Crippen molar-refractivity contribution in [2.75, 3.05) is 0 Å². The van der Waals surface area contributed by atoms with Crippen molar-refractivity contribution >= 4 is 6.08 Å². The molecule has 0 spiro atoms. The Kier molecular flexibility index (Phi) is 5.81. The van der Waals surface area contributed by atoms with Crippen LogP contribution in [-0.2, 0) is 6.54 Å². The molecule has 2 aromatic rings. The van der Waals surface area contributed by atoms with Crippen molar-refractivity contribution in [1.82, 2.24) is 5.32 Å². The Morgan fingerprint density at radius 1 is 0.950 bits per heavy atom. The average Bonchev–Trinajstić information content (AvgIpc) is 2.52. The zero-order chi connectivity index (χ0) is 14.0. The Balaban J connectivity index is 1.93. The van der Waals surface area contributed by atoms with E-state index in [0.717, 1.165) is 13.0 Å². The molecule has 0 aliphatic carbocycles. The summed E-state index contributed by atoms with van der Waals surface area (Å²) in [6, 6.07) is 21.1. The highest BCUT2D eigenvalue weighted by Crippen LogP contribution is 2.06. The molecule has 1 heteroatoms. The lowest BCUT2D eigenvalue weighted by molar-refractivity contribution is 0.600. The fourth-order valence-corrected chi connectivity index (χ4v) is 2.05. The van der Waals surface area contributed by atoms with Crippen LogP contribution in [0.3, 0.4) is 0 Å². The minimum absolute atomic E-state index is 0.313. The lowest BCUT2D eigenvalue weighted by atomic mass is 10.1. The van der Waals surface area contributed by atoms with Crippen molar-refractivity contribution in [2.24, 2.45) is 0 Å². The maximum Gasteiger partial charge on any atom is 0.0290 e. The van der Waals surface area contributed by atoms with E-state index in [9.17, 15) is 0 Å². The quantitative estimate of drug-likeness (QED) is 0.728. The summed E-state index contributed by atoms with van der Waals surface area (Å²) in [5.41, 5.74) is 2.53. The van der Waals surface area contributed by atoms with Gasteiger partial charge in [-0.1, -0.05) is 78.9 Å². The zero-order valence-corrected chi connectivity index (χ0v) is 11.7. The highest BCUT2D eigenvalue weighted by molar-refractivity contribution is 5.49. The van der Waals surface area contributed by atoms with E-state index in [1.165, 1.54) is 11.1 Å². The van der Waals surface area contributed by atoms with Crippen LogP contribution in [0.2, 0.25) is 0 Å². The molecule has 0 saturated heterocycles. The third-order valence-corrected chi connectivity index (χ3v) is 3.15. The fourth-order valence-electron chi connectivity index (χ4n) is 2.05. The topological polar surface area (TPSA) is 12.0 Å². The first-order chi connectivity index (χ1) is 9.88. The Morgan fingerprint density at radius 3 is 2.25 bits per heavy atom. The molecule has 2 aromatic carbocycles. The van der Waals surface area contributed by atoms with Crippen LogP contribution in [0.1, 0.15) is 17.5 Å². The van der Waals surface area contributed by atoms with E-state index in [0.29, 0.717) is 6.04 Å². The molecule has 20 heavy (non-hydrogen) atoms. The van der Waals surface area contributed by atoms with Crippen LogP contribution in [0.5, 0.6) is 0 Å². The first-order valence-electron chi connectivity index (χ1n) is 7.00. The van der Waals surface area contributed by atoms with E-state index in [1.807, 2.05) is 18.2 Å². The normalized spacial score (nSPS) is 12.4. The second-order valence-electron chi connectivity index (χ2n) is 4.77. The van der Waals surface area contributed by atoms with Crippen molar-refractivity contribution in [1.29, 1.82) is 0 Å². The predicted molar refractivity (Wildman–Crippen MR) is 87.4 cm³/mol. The molecule has 1 atom stereocenters. The predicted octanol–water partition coefficient (Wildman–Crippen LogP) is 4.43. The van der Waals surface area contributed by atoms with E-state index >= 15 is 0 Å². The van der Waals surface area contributed by atoms with Crippen molar-refractivity contribution in [3.8, 4) is 0 Å². The van der Waals surface area contributed by atoms with E-state index in [2.05, 4.69) is 72.6 Å². The van der Waals surface area contributed by atoms with Gasteiger partial charge in [0.05, 0.1) is 0 Å². The molecule has 0 amide bonds. The van der Waals surface area contributed by atoms with Gasteiger partial charge in [0.2, 0.25) is 0 Å². The lowest BCUT2D eigenvalue weighted by Gasteiger charge is -2.13. The van der Waals surface area contributed by atoms with Gasteiger partial charge in [-0.15, -0.1) is 6.58 Å². The van der Waals surface area contributed by atoms with Gasteiger partial charge in [-0.05, 0) is 17.5 Å². The Hall–Kier alpha value is -2.12. The van der Waals surface area contributed by atoms with E-state index in [1.54, 1.807) is 0 Å². The highest BCUT2D eigenvalue weighted by atomic mass is 14.9. The summed E-state index contributed by atoms with van der Waals surface area (Å²) >= 11 is 0. The van der Waals surface area contributed by atoms with Crippen LogP contribution >= 0.6 is 0 Å². The van der Waals surface area contributed by atoms with Gasteiger partial charge in [0.25, 0.3) is 0 Å². The lowest BCUT2D eigenvalue weighted by Crippen LogP contribution is -2.25. The molecule has 1 unspecified atom stereocenters. The van der Waals surface area contributed by atoms with Gasteiger partial charge in [0, 0.05) is 12.6 Å². The van der Waals surface area contributed by atoms with Gasteiger partial charge < -0.3 is 5.32 Å². The Labute approximate surface area is 121 Å². The minimum atomic E-state index is 0.313. The molecular weight excluding hydrogens is 242 g/mol. The van der Waals surface area contributed by atoms with Crippen LogP contribution < -0.4 is 5.32 Å². The van der Waals surface area contributed by atoms with Crippen LogP contribution in [-0.4, -0.2) is 6.04 Å². The van der Waals surface area contributed by atoms with Gasteiger partial charge >= 0.3 is 0 Å². The molecule has 0 fully saturated rings. The molecular formula is C19H21N. The maximum atomic E-state index is 3.84. The first kappa shape index (κ1) is 14.3. The number of nitrogens with one attached hydrogen (secondary N) is 1. The molecule has 0 heterocycles. The van der Waals surface area contributed by atoms with Crippen molar-refractivity contribution < 1.29 is 0 Å². The standard InChI is InChI=1S/C19H21N/c1-2-9-19(15-14-17-10-5-3-6-11-17)20-16-18-12-7-4-8-13-18/h2-8,10-15,19-20H,1,9,16H2/b15-14+. The molecule has 0 aromatic heterocycles. The molecule has 1 nitrogen and oxygen atoms in total. The maximum absolute atomic E-state index is 3.84. The van der Waals surface area contributed by atoms with Gasteiger partial charge in [-0.25, -0.2) is 0 Å². The van der Waals surface area contributed by atoms with Gasteiger partial charge in [-0.2, -0.15) is 0 Å². The molecule has 0 bridgehead atoms. The van der Waals surface area contributed by atoms with Gasteiger partial charge in [0.15, 0.2) is 0 Å². The second-order valence-corrected chi connectivity index (χ2v) is 4.77. The number of rotatable bonds is 7. The molecule has 1 N–H and O–H groups in total. The summed E-state index contributed by atoms with van der Waals surface area (Å²) in [4.78, 5) is 0. The fraction of sp³-hybridized carbons (Fsp3) is 0.158. The summed E-state index contributed by atoms with van der Waals surface area (Å²) < 4.78 is 0. The molecule has 2 rings (SSSR count). The number of hydrogen-bond donors (Lipinski definition) is 1. The summed E-state index contributed by atoms with van der Waals surface area (Å²) in [6.45, 7) is 4.71. The highest BCUT2D eigenvalue weighted by Gasteiger charge is 2.01. The summed E-state index contributed by atoms with van der Waals surface area (Å²) in [5, 5.41) is 3.55. The molecule has 102 valence electrons.